The van der Waals surface area contributed by atoms with Gasteiger partial charge in [0, 0.05) is 24.5 Å². The van der Waals surface area contributed by atoms with E-state index in [1.165, 1.54) is 16.9 Å². The molecular formula is C23H29N5O3S2. The standard InChI is InChI=1S/C23H29N5O3S2/c1-15-2-7-18-19(12-15)32-23-21(18)22(26-20(27-23)14-28-8-10-31-11-9-28)25-13-16-3-5-17(6-4-16)33(24,29)30/h3-6,15H,2,7-14H2,1H3,(H2,24,29,30)(H,25,26,27). The number of ether oxygens (including phenoxy) is 1. The van der Waals surface area contributed by atoms with Gasteiger partial charge < -0.3 is 10.1 Å². The number of aromatic nitrogens is 2. The fourth-order valence-corrected chi connectivity index (χ4v) is 6.44. The summed E-state index contributed by atoms with van der Waals surface area (Å²) in [5.74, 6) is 2.38. The molecule has 0 radical (unpaired) electrons. The second-order valence-corrected chi connectivity index (χ2v) is 11.6. The van der Waals surface area contributed by atoms with Gasteiger partial charge in [-0.25, -0.2) is 23.5 Å². The minimum Gasteiger partial charge on any atom is -0.379 e. The van der Waals surface area contributed by atoms with Crippen LogP contribution in [0.3, 0.4) is 0 Å². The summed E-state index contributed by atoms with van der Waals surface area (Å²) in [5, 5.41) is 9.89. The van der Waals surface area contributed by atoms with E-state index in [9.17, 15) is 8.42 Å². The van der Waals surface area contributed by atoms with Gasteiger partial charge in [0.25, 0.3) is 0 Å². The van der Waals surface area contributed by atoms with Crippen molar-refractivity contribution in [2.24, 2.45) is 11.1 Å². The van der Waals surface area contributed by atoms with Crippen molar-refractivity contribution in [1.29, 1.82) is 0 Å². The van der Waals surface area contributed by atoms with E-state index in [-0.39, 0.29) is 4.90 Å². The Morgan fingerprint density at radius 1 is 1.21 bits per heavy atom. The number of morpholine rings is 1. The summed E-state index contributed by atoms with van der Waals surface area (Å²) in [4.78, 5) is 14.8. The first-order chi connectivity index (χ1) is 15.9. The molecule has 1 aliphatic carbocycles. The number of thiophene rings is 1. The lowest BCUT2D eigenvalue weighted by atomic mass is 9.89. The van der Waals surface area contributed by atoms with Gasteiger partial charge in [0.05, 0.1) is 30.0 Å². The summed E-state index contributed by atoms with van der Waals surface area (Å²) in [7, 11) is -3.70. The number of nitrogens with two attached hydrogens (primary N) is 1. The van der Waals surface area contributed by atoms with Crippen molar-refractivity contribution in [3.63, 3.8) is 0 Å². The maximum Gasteiger partial charge on any atom is 0.238 e. The molecule has 0 amide bonds. The minimum atomic E-state index is -3.70. The third-order valence-corrected chi connectivity index (χ3v) is 8.46. The van der Waals surface area contributed by atoms with Crippen LogP contribution in [-0.2, 0) is 40.7 Å². The molecule has 3 aromatic rings. The first kappa shape index (κ1) is 22.7. The van der Waals surface area contributed by atoms with E-state index in [2.05, 4.69) is 17.1 Å². The number of hydrogen-bond donors (Lipinski definition) is 2. The van der Waals surface area contributed by atoms with E-state index in [0.29, 0.717) is 19.0 Å². The first-order valence-electron chi connectivity index (χ1n) is 11.3. The average Bonchev–Trinajstić information content (AvgIpc) is 3.15. The highest BCUT2D eigenvalue weighted by molar-refractivity contribution is 7.89. The molecule has 1 atom stereocenters. The second kappa shape index (κ2) is 9.27. The SMILES string of the molecule is CC1CCc2c(sc3nc(CN4CCOCC4)nc(NCc4ccc(S(N)(=O)=O)cc4)c23)C1. The Kier molecular flexibility index (Phi) is 6.37. The van der Waals surface area contributed by atoms with Crippen LogP contribution in [0.2, 0.25) is 0 Å². The smallest absolute Gasteiger partial charge is 0.238 e. The minimum absolute atomic E-state index is 0.115. The van der Waals surface area contributed by atoms with Gasteiger partial charge in [-0.15, -0.1) is 11.3 Å². The molecule has 3 heterocycles. The molecule has 176 valence electrons. The third-order valence-electron chi connectivity index (χ3n) is 6.38. The molecule has 3 N–H and O–H groups in total. The molecular weight excluding hydrogens is 458 g/mol. The zero-order chi connectivity index (χ0) is 23.0. The molecule has 1 fully saturated rings. The lowest BCUT2D eigenvalue weighted by Gasteiger charge is -2.26. The monoisotopic (exact) mass is 487 g/mol. The van der Waals surface area contributed by atoms with Crippen molar-refractivity contribution < 1.29 is 13.2 Å². The Morgan fingerprint density at radius 3 is 2.70 bits per heavy atom. The molecule has 5 rings (SSSR count). The number of fused-ring (bicyclic) bond motifs is 3. The molecule has 0 saturated carbocycles. The topological polar surface area (TPSA) is 110 Å². The van der Waals surface area contributed by atoms with Crippen molar-refractivity contribution in [2.45, 2.75) is 44.2 Å². The van der Waals surface area contributed by atoms with E-state index >= 15 is 0 Å². The van der Waals surface area contributed by atoms with Gasteiger partial charge in [0.15, 0.2) is 0 Å². The number of aryl methyl sites for hydroxylation is 1. The van der Waals surface area contributed by atoms with Gasteiger partial charge in [-0.1, -0.05) is 19.1 Å². The molecule has 1 aromatic carbocycles. The van der Waals surface area contributed by atoms with Crippen molar-refractivity contribution in [1.82, 2.24) is 14.9 Å². The molecule has 1 unspecified atom stereocenters. The van der Waals surface area contributed by atoms with Crippen molar-refractivity contribution >= 4 is 37.4 Å². The molecule has 10 heteroatoms. The highest BCUT2D eigenvalue weighted by Crippen LogP contribution is 2.40. The van der Waals surface area contributed by atoms with E-state index in [1.54, 1.807) is 35.6 Å². The third kappa shape index (κ3) is 5.04. The van der Waals surface area contributed by atoms with Crippen LogP contribution in [0.25, 0.3) is 10.2 Å². The van der Waals surface area contributed by atoms with Gasteiger partial charge in [-0.05, 0) is 48.4 Å². The predicted molar refractivity (Wildman–Crippen MR) is 130 cm³/mol. The largest absolute Gasteiger partial charge is 0.379 e. The average molecular weight is 488 g/mol. The molecule has 1 aliphatic heterocycles. The number of hydrogen-bond acceptors (Lipinski definition) is 8. The van der Waals surface area contributed by atoms with Crippen LogP contribution in [0.15, 0.2) is 29.2 Å². The Bertz CT molecular complexity index is 1250. The van der Waals surface area contributed by atoms with E-state index in [1.807, 2.05) is 0 Å². The quantitative estimate of drug-likeness (QED) is 0.550. The highest BCUT2D eigenvalue weighted by Gasteiger charge is 2.24. The number of nitrogens with one attached hydrogen (secondary N) is 1. The lowest BCUT2D eigenvalue weighted by Crippen LogP contribution is -2.36. The van der Waals surface area contributed by atoms with Crippen LogP contribution in [0.4, 0.5) is 5.82 Å². The summed E-state index contributed by atoms with van der Waals surface area (Å²) in [5.41, 5.74) is 2.35. The number of rotatable bonds is 6. The van der Waals surface area contributed by atoms with Gasteiger partial charge in [0.1, 0.15) is 16.5 Å². The van der Waals surface area contributed by atoms with Crippen LogP contribution < -0.4 is 10.5 Å². The van der Waals surface area contributed by atoms with Gasteiger partial charge in [0.2, 0.25) is 10.0 Å². The Hall–Kier alpha value is -2.11. The van der Waals surface area contributed by atoms with Crippen LogP contribution in [-0.4, -0.2) is 49.6 Å². The number of anilines is 1. The van der Waals surface area contributed by atoms with Gasteiger partial charge in [-0.3, -0.25) is 4.90 Å². The summed E-state index contributed by atoms with van der Waals surface area (Å²) in [6.45, 7) is 6.82. The molecule has 0 spiro atoms. The first-order valence-corrected chi connectivity index (χ1v) is 13.7. The number of sulfonamides is 1. The molecule has 2 aliphatic rings. The summed E-state index contributed by atoms with van der Waals surface area (Å²) in [6, 6.07) is 6.65. The molecule has 1 saturated heterocycles. The van der Waals surface area contributed by atoms with Crippen molar-refractivity contribution in [3.8, 4) is 0 Å². The highest BCUT2D eigenvalue weighted by atomic mass is 32.2. The van der Waals surface area contributed by atoms with E-state index < -0.39 is 10.0 Å². The fourth-order valence-electron chi connectivity index (χ4n) is 4.53. The van der Waals surface area contributed by atoms with Crippen molar-refractivity contribution in [3.05, 3.63) is 46.1 Å². The van der Waals surface area contributed by atoms with E-state index in [0.717, 1.165) is 66.6 Å². The summed E-state index contributed by atoms with van der Waals surface area (Å²) >= 11 is 1.81. The van der Waals surface area contributed by atoms with Gasteiger partial charge in [-0.2, -0.15) is 0 Å². The van der Waals surface area contributed by atoms with Crippen LogP contribution in [0.5, 0.6) is 0 Å². The normalized spacial score (nSPS) is 19.5. The maximum absolute atomic E-state index is 11.5. The lowest BCUT2D eigenvalue weighted by molar-refractivity contribution is 0.0331. The Morgan fingerprint density at radius 2 is 1.97 bits per heavy atom. The Labute approximate surface area is 198 Å². The fraction of sp³-hybridized carbons (Fsp3) is 0.478. The van der Waals surface area contributed by atoms with E-state index in [4.69, 9.17) is 19.8 Å². The molecule has 33 heavy (non-hydrogen) atoms. The number of nitrogens with zero attached hydrogens (tertiary/aromatic N) is 3. The van der Waals surface area contributed by atoms with Crippen molar-refractivity contribution in [2.75, 3.05) is 31.6 Å². The predicted octanol–water partition coefficient (Wildman–Crippen LogP) is 2.91. The summed E-state index contributed by atoms with van der Waals surface area (Å²) in [6.07, 6.45) is 3.34. The second-order valence-electron chi connectivity index (χ2n) is 8.95. The molecule has 2 aromatic heterocycles. The summed E-state index contributed by atoms with van der Waals surface area (Å²) < 4.78 is 28.5. The molecule has 0 bridgehead atoms. The zero-order valence-corrected chi connectivity index (χ0v) is 20.3. The van der Waals surface area contributed by atoms with Crippen LogP contribution in [0, 0.1) is 5.92 Å². The van der Waals surface area contributed by atoms with Crippen LogP contribution in [0.1, 0.15) is 35.2 Å². The zero-order valence-electron chi connectivity index (χ0n) is 18.7. The Balaban J connectivity index is 1.45. The maximum atomic E-state index is 11.5. The number of benzene rings is 1. The molecule has 8 nitrogen and oxygen atoms in total. The number of primary sulfonamides is 1. The van der Waals surface area contributed by atoms with Crippen LogP contribution >= 0.6 is 11.3 Å². The van der Waals surface area contributed by atoms with Gasteiger partial charge >= 0.3 is 0 Å².